The predicted octanol–water partition coefficient (Wildman–Crippen LogP) is 3.91. The van der Waals surface area contributed by atoms with Crippen molar-refractivity contribution in [2.45, 2.75) is 52.5 Å². The molecule has 0 spiro atoms. The molecule has 1 saturated heterocycles. The lowest BCUT2D eigenvalue weighted by molar-refractivity contribution is 0.0669. The number of Topliss-reactive ketones (excluding diaryl/α,β-unsaturated/α-hetero) is 1. The van der Waals surface area contributed by atoms with Gasteiger partial charge in [-0.1, -0.05) is 13.3 Å². The summed E-state index contributed by atoms with van der Waals surface area (Å²) >= 11 is 0. The zero-order valence-corrected chi connectivity index (χ0v) is 15.9. The minimum Gasteiger partial charge on any atom is -0.336 e. The first-order chi connectivity index (χ1) is 11.8. The second-order valence-electron chi connectivity index (χ2n) is 7.62. The summed E-state index contributed by atoms with van der Waals surface area (Å²) < 4.78 is 0. The summed E-state index contributed by atoms with van der Waals surface area (Å²) in [5.41, 5.74) is 1.26. The van der Waals surface area contributed by atoms with Crippen LogP contribution in [-0.4, -0.2) is 41.9 Å². The Balaban J connectivity index is 1.84. The first-order valence-corrected chi connectivity index (χ1v) is 9.22. The molecule has 0 saturated carbocycles. The minimum atomic E-state index is -0.215. The van der Waals surface area contributed by atoms with Crippen LogP contribution in [0.4, 0.5) is 10.5 Å². The van der Waals surface area contributed by atoms with Gasteiger partial charge >= 0.3 is 6.03 Å². The normalized spacial score (nSPS) is 18.6. The van der Waals surface area contributed by atoms with Crippen molar-refractivity contribution in [2.24, 2.45) is 5.92 Å². The monoisotopic (exact) mass is 345 g/mol. The molecule has 2 rings (SSSR count). The van der Waals surface area contributed by atoms with Crippen LogP contribution >= 0.6 is 0 Å². The Bertz CT molecular complexity index is 595. The van der Waals surface area contributed by atoms with Crippen LogP contribution in [0.1, 0.15) is 57.3 Å². The lowest BCUT2D eigenvalue weighted by Crippen LogP contribution is -2.55. The van der Waals surface area contributed by atoms with Crippen molar-refractivity contribution < 1.29 is 9.59 Å². The van der Waals surface area contributed by atoms with Crippen LogP contribution in [0.2, 0.25) is 0 Å². The van der Waals surface area contributed by atoms with Gasteiger partial charge in [0.1, 0.15) is 0 Å². The summed E-state index contributed by atoms with van der Waals surface area (Å²) in [6, 6.07) is 6.73. The number of piperidine rings is 1. The average Bonchev–Trinajstić information content (AvgIpc) is 2.60. The average molecular weight is 345 g/mol. The number of urea groups is 1. The lowest BCUT2D eigenvalue weighted by atomic mass is 9.91. The van der Waals surface area contributed by atoms with Gasteiger partial charge in [-0.05, 0) is 70.3 Å². The van der Waals surface area contributed by atoms with E-state index in [2.05, 4.69) is 36.3 Å². The van der Waals surface area contributed by atoms with Gasteiger partial charge in [0.25, 0.3) is 0 Å². The number of ketones is 1. The zero-order valence-electron chi connectivity index (χ0n) is 15.9. The number of rotatable bonds is 6. The Kier molecular flexibility index (Phi) is 6.59. The molecule has 1 atom stereocenters. The van der Waals surface area contributed by atoms with Gasteiger partial charge in [-0.3, -0.25) is 9.69 Å². The maximum atomic E-state index is 12.2. The summed E-state index contributed by atoms with van der Waals surface area (Å²) in [4.78, 5) is 25.9. The first-order valence-electron chi connectivity index (χ1n) is 9.22. The van der Waals surface area contributed by atoms with Gasteiger partial charge in [-0.25, -0.2) is 4.79 Å². The molecule has 0 bridgehead atoms. The highest BCUT2D eigenvalue weighted by Gasteiger charge is 2.31. The van der Waals surface area contributed by atoms with Gasteiger partial charge < -0.3 is 10.6 Å². The van der Waals surface area contributed by atoms with Crippen LogP contribution in [0.5, 0.6) is 0 Å². The Hall–Kier alpha value is -1.88. The Morgan fingerprint density at radius 3 is 2.52 bits per heavy atom. The molecule has 1 aromatic carbocycles. The third-order valence-corrected chi connectivity index (χ3v) is 5.18. The number of anilines is 1. The number of amides is 2. The van der Waals surface area contributed by atoms with Crippen molar-refractivity contribution in [2.75, 3.05) is 25.0 Å². The second-order valence-corrected chi connectivity index (χ2v) is 7.62. The second kappa shape index (κ2) is 8.48. The number of carbonyl (C=O) groups is 2. The van der Waals surface area contributed by atoms with Crippen molar-refractivity contribution in [1.82, 2.24) is 10.2 Å². The highest BCUT2D eigenvalue weighted by atomic mass is 16.2. The smallest absolute Gasteiger partial charge is 0.319 e. The van der Waals surface area contributed by atoms with Crippen LogP contribution in [0.15, 0.2) is 24.3 Å². The quantitative estimate of drug-likeness (QED) is 0.769. The molecule has 0 unspecified atom stereocenters. The molecule has 0 radical (unpaired) electrons. The number of likely N-dealkylation sites (tertiary alicyclic amines) is 1. The first kappa shape index (κ1) is 19.4. The molecule has 0 aliphatic carbocycles. The van der Waals surface area contributed by atoms with E-state index in [-0.39, 0.29) is 17.4 Å². The molecule has 5 heteroatoms. The topological polar surface area (TPSA) is 61.4 Å². The molecule has 2 N–H and O–H groups in total. The molecule has 138 valence electrons. The van der Waals surface area contributed by atoms with Crippen LogP contribution in [0, 0.1) is 5.92 Å². The maximum Gasteiger partial charge on any atom is 0.319 e. The Morgan fingerprint density at radius 1 is 1.24 bits per heavy atom. The highest BCUT2D eigenvalue weighted by molar-refractivity contribution is 5.95. The van der Waals surface area contributed by atoms with Crippen molar-refractivity contribution >= 4 is 17.5 Å². The van der Waals surface area contributed by atoms with Crippen molar-refractivity contribution in [3.63, 3.8) is 0 Å². The Morgan fingerprint density at radius 2 is 1.92 bits per heavy atom. The third kappa shape index (κ3) is 5.56. The Labute approximate surface area is 151 Å². The molecule has 25 heavy (non-hydrogen) atoms. The summed E-state index contributed by atoms with van der Waals surface area (Å²) in [7, 11) is 0. The van der Waals surface area contributed by atoms with E-state index in [9.17, 15) is 9.59 Å². The molecule has 1 heterocycles. The van der Waals surface area contributed by atoms with E-state index in [1.54, 1.807) is 24.3 Å². The molecular weight excluding hydrogens is 314 g/mol. The number of nitrogens with one attached hydrogen (secondary N) is 2. The van der Waals surface area contributed by atoms with Gasteiger partial charge in [0.2, 0.25) is 0 Å². The lowest BCUT2D eigenvalue weighted by Gasteiger charge is -2.43. The number of carbonyl (C=O) groups excluding carboxylic acids is 2. The fourth-order valence-corrected chi connectivity index (χ4v) is 3.32. The SMILES string of the molecule is CC[C@@H]1CCCN(C(C)(C)CNC(=O)Nc2ccc(C(C)=O)cc2)C1. The van der Waals surface area contributed by atoms with Crippen LogP contribution < -0.4 is 10.6 Å². The minimum absolute atomic E-state index is 0.0182. The van der Waals surface area contributed by atoms with Crippen molar-refractivity contribution in [3.8, 4) is 0 Å². The molecule has 5 nitrogen and oxygen atoms in total. The van der Waals surface area contributed by atoms with Crippen molar-refractivity contribution in [3.05, 3.63) is 29.8 Å². The van der Waals surface area contributed by atoms with E-state index in [1.165, 1.54) is 26.2 Å². The molecule has 1 aliphatic heterocycles. The van der Waals surface area contributed by atoms with Crippen LogP contribution in [0.3, 0.4) is 0 Å². The fraction of sp³-hybridized carbons (Fsp3) is 0.600. The number of nitrogens with zero attached hydrogens (tertiary/aromatic N) is 1. The van der Waals surface area contributed by atoms with Gasteiger partial charge in [-0.2, -0.15) is 0 Å². The number of benzene rings is 1. The molecule has 1 aliphatic rings. The molecular formula is C20H31N3O2. The summed E-state index contributed by atoms with van der Waals surface area (Å²) in [6.07, 6.45) is 3.76. The van der Waals surface area contributed by atoms with E-state index < -0.39 is 0 Å². The predicted molar refractivity (Wildman–Crippen MR) is 102 cm³/mol. The number of hydrogen-bond donors (Lipinski definition) is 2. The van der Waals surface area contributed by atoms with Gasteiger partial charge in [0.05, 0.1) is 0 Å². The molecule has 1 fully saturated rings. The molecule has 2 amide bonds. The van der Waals surface area contributed by atoms with Crippen LogP contribution in [-0.2, 0) is 0 Å². The van der Waals surface area contributed by atoms with Crippen LogP contribution in [0.25, 0.3) is 0 Å². The van der Waals surface area contributed by atoms with E-state index in [0.29, 0.717) is 17.8 Å². The largest absolute Gasteiger partial charge is 0.336 e. The van der Waals surface area contributed by atoms with Gasteiger partial charge in [0.15, 0.2) is 5.78 Å². The highest BCUT2D eigenvalue weighted by Crippen LogP contribution is 2.25. The zero-order chi connectivity index (χ0) is 18.4. The standard InChI is InChI=1S/C20H31N3O2/c1-5-16-7-6-12-23(13-16)20(3,4)14-21-19(25)22-18-10-8-17(9-11-18)15(2)24/h8-11,16H,5-7,12-14H2,1-4H3,(H2,21,22,25)/t16-/m1/s1. The van der Waals surface area contributed by atoms with Gasteiger partial charge in [0, 0.05) is 29.9 Å². The third-order valence-electron chi connectivity index (χ3n) is 5.18. The molecule has 0 aromatic heterocycles. The van der Waals surface area contributed by atoms with E-state index >= 15 is 0 Å². The molecule has 1 aromatic rings. The fourth-order valence-electron chi connectivity index (χ4n) is 3.32. The van der Waals surface area contributed by atoms with E-state index in [0.717, 1.165) is 19.0 Å². The van der Waals surface area contributed by atoms with Gasteiger partial charge in [-0.15, -0.1) is 0 Å². The van der Waals surface area contributed by atoms with E-state index in [4.69, 9.17) is 0 Å². The van der Waals surface area contributed by atoms with E-state index in [1.807, 2.05) is 0 Å². The van der Waals surface area contributed by atoms with Crippen molar-refractivity contribution in [1.29, 1.82) is 0 Å². The number of hydrogen-bond acceptors (Lipinski definition) is 3. The summed E-state index contributed by atoms with van der Waals surface area (Å²) in [6.45, 7) is 11.0. The summed E-state index contributed by atoms with van der Waals surface area (Å²) in [5.74, 6) is 0.784. The summed E-state index contributed by atoms with van der Waals surface area (Å²) in [5, 5.41) is 5.80. The maximum absolute atomic E-state index is 12.2.